The molecule has 0 saturated heterocycles. The van der Waals surface area contributed by atoms with Crippen molar-refractivity contribution in [3.05, 3.63) is 65.2 Å². The van der Waals surface area contributed by atoms with Crippen LogP contribution in [0.15, 0.2) is 48.5 Å². The van der Waals surface area contributed by atoms with Gasteiger partial charge in [0, 0.05) is 11.7 Å². The Morgan fingerprint density at radius 1 is 1.10 bits per heavy atom. The molecular weight excluding hydrogens is 248 g/mol. The third-order valence-corrected chi connectivity index (χ3v) is 3.29. The van der Waals surface area contributed by atoms with Crippen LogP contribution in [0.25, 0.3) is 0 Å². The molecule has 0 spiro atoms. The van der Waals surface area contributed by atoms with Crippen molar-refractivity contribution < 1.29 is 4.79 Å². The van der Waals surface area contributed by atoms with Crippen LogP contribution in [-0.2, 0) is 11.2 Å². The molecule has 0 fully saturated rings. The standard InChI is InChI=1S/C17H20N2O/c1-12-3-7-15(8-4-12)13(2)19-16-9-5-14(6-10-16)11-17(18)20/h3-10,13,19H,11H2,1-2H3,(H2,18,20). The van der Waals surface area contributed by atoms with Gasteiger partial charge in [-0.25, -0.2) is 0 Å². The van der Waals surface area contributed by atoms with E-state index in [0.29, 0.717) is 0 Å². The number of rotatable bonds is 5. The Bertz CT molecular complexity index is 573. The smallest absolute Gasteiger partial charge is 0.221 e. The van der Waals surface area contributed by atoms with E-state index in [1.807, 2.05) is 24.3 Å². The maximum atomic E-state index is 10.9. The largest absolute Gasteiger partial charge is 0.379 e. The molecule has 3 heteroatoms. The van der Waals surface area contributed by atoms with Crippen molar-refractivity contribution in [2.75, 3.05) is 5.32 Å². The summed E-state index contributed by atoms with van der Waals surface area (Å²) in [5.41, 5.74) is 9.65. The highest BCUT2D eigenvalue weighted by Crippen LogP contribution is 2.20. The van der Waals surface area contributed by atoms with Crippen molar-refractivity contribution in [2.45, 2.75) is 26.3 Å². The quantitative estimate of drug-likeness (QED) is 0.875. The van der Waals surface area contributed by atoms with Crippen molar-refractivity contribution in [2.24, 2.45) is 5.73 Å². The molecule has 3 N–H and O–H groups in total. The van der Waals surface area contributed by atoms with E-state index in [0.717, 1.165) is 11.3 Å². The molecule has 1 amide bonds. The Labute approximate surface area is 119 Å². The van der Waals surface area contributed by atoms with E-state index in [2.05, 4.69) is 43.4 Å². The summed E-state index contributed by atoms with van der Waals surface area (Å²) in [6.45, 7) is 4.21. The van der Waals surface area contributed by atoms with Gasteiger partial charge in [0.25, 0.3) is 0 Å². The molecule has 0 aliphatic rings. The van der Waals surface area contributed by atoms with E-state index >= 15 is 0 Å². The highest BCUT2D eigenvalue weighted by Gasteiger charge is 2.05. The summed E-state index contributed by atoms with van der Waals surface area (Å²) in [6, 6.07) is 16.5. The SMILES string of the molecule is Cc1ccc(C(C)Nc2ccc(CC(N)=O)cc2)cc1. The molecule has 0 aromatic heterocycles. The Hall–Kier alpha value is -2.29. The summed E-state index contributed by atoms with van der Waals surface area (Å²) in [5, 5.41) is 3.44. The van der Waals surface area contributed by atoms with Gasteiger partial charge in [-0.15, -0.1) is 0 Å². The van der Waals surface area contributed by atoms with Crippen LogP contribution >= 0.6 is 0 Å². The molecule has 1 unspecified atom stereocenters. The first-order chi connectivity index (χ1) is 9.54. The van der Waals surface area contributed by atoms with Crippen LogP contribution in [0.2, 0.25) is 0 Å². The summed E-state index contributed by atoms with van der Waals surface area (Å²) >= 11 is 0. The molecular formula is C17H20N2O. The molecule has 0 aliphatic carbocycles. The van der Waals surface area contributed by atoms with E-state index in [1.165, 1.54) is 11.1 Å². The van der Waals surface area contributed by atoms with Crippen molar-refractivity contribution in [1.29, 1.82) is 0 Å². The molecule has 2 rings (SSSR count). The van der Waals surface area contributed by atoms with Crippen LogP contribution in [0.5, 0.6) is 0 Å². The monoisotopic (exact) mass is 268 g/mol. The highest BCUT2D eigenvalue weighted by atomic mass is 16.1. The van der Waals surface area contributed by atoms with E-state index in [9.17, 15) is 4.79 Å². The fourth-order valence-corrected chi connectivity index (χ4v) is 2.11. The lowest BCUT2D eigenvalue weighted by Crippen LogP contribution is -2.13. The minimum atomic E-state index is -0.307. The van der Waals surface area contributed by atoms with Gasteiger partial charge in [0.05, 0.1) is 6.42 Å². The topological polar surface area (TPSA) is 55.1 Å². The second-order valence-corrected chi connectivity index (χ2v) is 5.12. The van der Waals surface area contributed by atoms with Gasteiger partial charge < -0.3 is 11.1 Å². The first-order valence-corrected chi connectivity index (χ1v) is 6.75. The van der Waals surface area contributed by atoms with Crippen molar-refractivity contribution >= 4 is 11.6 Å². The third-order valence-electron chi connectivity index (χ3n) is 3.29. The van der Waals surface area contributed by atoms with Crippen LogP contribution in [0.1, 0.15) is 29.7 Å². The second kappa shape index (κ2) is 6.24. The zero-order chi connectivity index (χ0) is 14.5. The number of amides is 1. The van der Waals surface area contributed by atoms with Gasteiger partial charge in [0.1, 0.15) is 0 Å². The molecule has 2 aromatic rings. The summed E-state index contributed by atoms with van der Waals surface area (Å²) in [7, 11) is 0. The Morgan fingerprint density at radius 2 is 1.70 bits per heavy atom. The molecule has 0 bridgehead atoms. The lowest BCUT2D eigenvalue weighted by molar-refractivity contribution is -0.117. The predicted octanol–water partition coefficient (Wildman–Crippen LogP) is 3.20. The summed E-state index contributed by atoms with van der Waals surface area (Å²) in [6.07, 6.45) is 0.286. The summed E-state index contributed by atoms with van der Waals surface area (Å²) in [4.78, 5) is 10.9. The van der Waals surface area contributed by atoms with Gasteiger partial charge in [-0.05, 0) is 37.1 Å². The van der Waals surface area contributed by atoms with Crippen molar-refractivity contribution in [3.8, 4) is 0 Å². The minimum absolute atomic E-state index is 0.234. The van der Waals surface area contributed by atoms with Crippen LogP contribution < -0.4 is 11.1 Å². The van der Waals surface area contributed by atoms with Crippen LogP contribution in [0.3, 0.4) is 0 Å². The number of primary amides is 1. The first kappa shape index (κ1) is 14.1. The van der Waals surface area contributed by atoms with E-state index in [1.54, 1.807) is 0 Å². The van der Waals surface area contributed by atoms with Gasteiger partial charge in [-0.2, -0.15) is 0 Å². The molecule has 1 atom stereocenters. The average molecular weight is 268 g/mol. The lowest BCUT2D eigenvalue weighted by atomic mass is 10.1. The average Bonchev–Trinajstić information content (AvgIpc) is 2.41. The Kier molecular flexibility index (Phi) is 4.41. The first-order valence-electron chi connectivity index (χ1n) is 6.75. The van der Waals surface area contributed by atoms with E-state index in [4.69, 9.17) is 5.73 Å². The van der Waals surface area contributed by atoms with Crippen LogP contribution in [0, 0.1) is 6.92 Å². The van der Waals surface area contributed by atoms with Crippen LogP contribution in [-0.4, -0.2) is 5.91 Å². The number of nitrogens with two attached hydrogens (primary N) is 1. The van der Waals surface area contributed by atoms with Gasteiger partial charge >= 0.3 is 0 Å². The van der Waals surface area contributed by atoms with Gasteiger partial charge in [0.15, 0.2) is 0 Å². The zero-order valence-electron chi connectivity index (χ0n) is 11.9. The van der Waals surface area contributed by atoms with Gasteiger partial charge in [0.2, 0.25) is 5.91 Å². The number of anilines is 1. The summed E-state index contributed by atoms with van der Waals surface area (Å²) in [5.74, 6) is -0.307. The van der Waals surface area contributed by atoms with E-state index in [-0.39, 0.29) is 18.4 Å². The molecule has 104 valence electrons. The number of hydrogen-bond donors (Lipinski definition) is 2. The normalized spacial score (nSPS) is 11.9. The van der Waals surface area contributed by atoms with Crippen LogP contribution in [0.4, 0.5) is 5.69 Å². The molecule has 0 heterocycles. The predicted molar refractivity (Wildman–Crippen MR) is 82.6 cm³/mol. The zero-order valence-corrected chi connectivity index (χ0v) is 11.9. The molecule has 0 saturated carbocycles. The lowest BCUT2D eigenvalue weighted by Gasteiger charge is -2.16. The third kappa shape index (κ3) is 3.85. The van der Waals surface area contributed by atoms with Crippen molar-refractivity contribution in [3.63, 3.8) is 0 Å². The number of carbonyl (C=O) groups is 1. The molecule has 3 nitrogen and oxygen atoms in total. The minimum Gasteiger partial charge on any atom is -0.379 e. The number of hydrogen-bond acceptors (Lipinski definition) is 2. The van der Waals surface area contributed by atoms with Gasteiger partial charge in [-0.3, -0.25) is 4.79 Å². The van der Waals surface area contributed by atoms with Gasteiger partial charge in [-0.1, -0.05) is 42.0 Å². The molecule has 20 heavy (non-hydrogen) atoms. The number of aryl methyl sites for hydroxylation is 1. The van der Waals surface area contributed by atoms with E-state index < -0.39 is 0 Å². The number of benzene rings is 2. The fourth-order valence-electron chi connectivity index (χ4n) is 2.11. The second-order valence-electron chi connectivity index (χ2n) is 5.12. The Balaban J connectivity index is 2.02. The molecule has 0 aliphatic heterocycles. The maximum absolute atomic E-state index is 10.9. The Morgan fingerprint density at radius 3 is 2.25 bits per heavy atom. The molecule has 0 radical (unpaired) electrons. The maximum Gasteiger partial charge on any atom is 0.221 e. The summed E-state index contributed by atoms with van der Waals surface area (Å²) < 4.78 is 0. The number of nitrogens with one attached hydrogen (secondary N) is 1. The van der Waals surface area contributed by atoms with Crippen molar-refractivity contribution in [1.82, 2.24) is 0 Å². The number of carbonyl (C=O) groups excluding carboxylic acids is 1. The fraction of sp³-hybridized carbons (Fsp3) is 0.235. The highest BCUT2D eigenvalue weighted by molar-refractivity contribution is 5.76. The molecule has 2 aromatic carbocycles.